The molecule has 0 fully saturated rings. The quantitative estimate of drug-likeness (QED) is 0.579. The van der Waals surface area contributed by atoms with Crippen LogP contribution in [0.4, 0.5) is 9.59 Å². The predicted octanol–water partition coefficient (Wildman–Crippen LogP) is 3.59. The molecule has 2 aliphatic rings. The number of nitrogens with one attached hydrogen (secondary N) is 1. The van der Waals surface area contributed by atoms with E-state index in [1.807, 2.05) is 24.3 Å². The number of halogens is 1. The Labute approximate surface area is 180 Å². The highest BCUT2D eigenvalue weighted by Crippen LogP contribution is 2.41. The average molecular weight is 434 g/mol. The molecular weight excluding hydrogens is 410 g/mol. The summed E-state index contributed by atoms with van der Waals surface area (Å²) in [6, 6.07) is 6.34. The molecule has 8 nitrogen and oxygen atoms in total. The number of ether oxygens (including phenoxy) is 2. The first-order valence-electron chi connectivity index (χ1n) is 9.72. The Kier molecular flexibility index (Phi) is 6.66. The molecule has 1 aromatic carbocycles. The zero-order valence-electron chi connectivity index (χ0n) is 17.0. The van der Waals surface area contributed by atoms with Crippen LogP contribution in [-0.2, 0) is 14.3 Å². The van der Waals surface area contributed by atoms with Crippen molar-refractivity contribution in [3.63, 3.8) is 0 Å². The van der Waals surface area contributed by atoms with Crippen molar-refractivity contribution in [3.8, 4) is 0 Å². The van der Waals surface area contributed by atoms with Crippen LogP contribution in [0.2, 0.25) is 5.02 Å². The van der Waals surface area contributed by atoms with E-state index in [-0.39, 0.29) is 31.1 Å². The number of hydrazine groups is 1. The molecule has 30 heavy (non-hydrogen) atoms. The fraction of sp³-hybridized carbons (Fsp3) is 0.381. The number of amides is 3. The van der Waals surface area contributed by atoms with Crippen LogP contribution in [0.5, 0.6) is 0 Å². The largest absolute Gasteiger partial charge is 0.449 e. The van der Waals surface area contributed by atoms with E-state index in [1.54, 1.807) is 37.0 Å². The SMILES string of the molecule is CCOC(=O)NN(C(=O)OCC)C1C=C[C@@H]2[C@H]1C=C(c1ccc(Cl)cc1)N2C(C)=O. The summed E-state index contributed by atoms with van der Waals surface area (Å²) in [6.07, 6.45) is 4.10. The second-order valence-electron chi connectivity index (χ2n) is 6.79. The summed E-state index contributed by atoms with van der Waals surface area (Å²) in [5.41, 5.74) is 4.02. The molecule has 1 heterocycles. The van der Waals surface area contributed by atoms with E-state index in [4.69, 9.17) is 21.1 Å². The summed E-state index contributed by atoms with van der Waals surface area (Å²) in [6.45, 7) is 5.15. The molecule has 0 saturated carbocycles. The summed E-state index contributed by atoms with van der Waals surface area (Å²) in [5.74, 6) is -0.402. The van der Waals surface area contributed by atoms with Gasteiger partial charge < -0.3 is 14.4 Å². The Balaban J connectivity index is 1.93. The average Bonchev–Trinajstić information content (AvgIpc) is 3.26. The minimum atomic E-state index is -0.759. The number of rotatable bonds is 4. The predicted molar refractivity (Wildman–Crippen MR) is 111 cm³/mol. The van der Waals surface area contributed by atoms with Gasteiger partial charge in [0.1, 0.15) is 0 Å². The van der Waals surface area contributed by atoms with Crippen molar-refractivity contribution in [2.75, 3.05) is 13.2 Å². The lowest BCUT2D eigenvalue weighted by Crippen LogP contribution is -2.54. The molecule has 1 aliphatic carbocycles. The minimum Gasteiger partial charge on any atom is -0.449 e. The molecule has 0 bridgehead atoms. The molecule has 0 aromatic heterocycles. The Morgan fingerprint density at radius 2 is 1.77 bits per heavy atom. The van der Waals surface area contributed by atoms with Crippen molar-refractivity contribution in [2.45, 2.75) is 32.9 Å². The van der Waals surface area contributed by atoms with Gasteiger partial charge in [0.2, 0.25) is 5.91 Å². The maximum Gasteiger partial charge on any atom is 0.429 e. The topological polar surface area (TPSA) is 88.2 Å². The Morgan fingerprint density at radius 1 is 1.10 bits per heavy atom. The van der Waals surface area contributed by atoms with Gasteiger partial charge in [-0.2, -0.15) is 0 Å². The van der Waals surface area contributed by atoms with Crippen LogP contribution in [0.15, 0.2) is 42.5 Å². The zero-order chi connectivity index (χ0) is 21.8. The van der Waals surface area contributed by atoms with Crippen molar-refractivity contribution in [1.29, 1.82) is 0 Å². The number of hydrogen-bond donors (Lipinski definition) is 1. The normalized spacial score (nSPS) is 21.7. The highest BCUT2D eigenvalue weighted by molar-refractivity contribution is 6.30. The molecule has 0 radical (unpaired) electrons. The molecule has 1 aromatic rings. The van der Waals surface area contributed by atoms with Gasteiger partial charge in [0.05, 0.1) is 25.3 Å². The van der Waals surface area contributed by atoms with Crippen molar-refractivity contribution in [2.24, 2.45) is 5.92 Å². The van der Waals surface area contributed by atoms with Crippen molar-refractivity contribution in [3.05, 3.63) is 53.1 Å². The first-order chi connectivity index (χ1) is 14.4. The number of benzene rings is 1. The maximum atomic E-state index is 12.5. The lowest BCUT2D eigenvalue weighted by molar-refractivity contribution is -0.126. The van der Waals surface area contributed by atoms with Crippen LogP contribution in [0, 0.1) is 5.92 Å². The van der Waals surface area contributed by atoms with Gasteiger partial charge in [0.15, 0.2) is 0 Å². The minimum absolute atomic E-state index is 0.130. The molecule has 3 amide bonds. The zero-order valence-corrected chi connectivity index (χ0v) is 17.8. The van der Waals surface area contributed by atoms with Crippen molar-refractivity contribution >= 4 is 35.4 Å². The number of nitrogens with zero attached hydrogens (tertiary/aromatic N) is 2. The third-order valence-corrected chi connectivity index (χ3v) is 5.18. The maximum absolute atomic E-state index is 12.5. The third kappa shape index (κ3) is 4.28. The van der Waals surface area contributed by atoms with E-state index in [9.17, 15) is 14.4 Å². The summed E-state index contributed by atoms with van der Waals surface area (Å²) < 4.78 is 10.0. The molecule has 0 saturated heterocycles. The second kappa shape index (κ2) is 9.21. The fourth-order valence-corrected chi connectivity index (χ4v) is 3.88. The van der Waals surface area contributed by atoms with E-state index >= 15 is 0 Å². The van der Waals surface area contributed by atoms with E-state index in [1.165, 1.54) is 6.92 Å². The monoisotopic (exact) mass is 433 g/mol. The van der Waals surface area contributed by atoms with E-state index < -0.39 is 18.2 Å². The number of carbonyl (C=O) groups excluding carboxylic acids is 3. The van der Waals surface area contributed by atoms with Gasteiger partial charge in [-0.15, -0.1) is 0 Å². The molecule has 160 valence electrons. The fourth-order valence-electron chi connectivity index (χ4n) is 3.76. The molecule has 3 atom stereocenters. The molecule has 0 spiro atoms. The molecule has 3 rings (SSSR count). The summed E-state index contributed by atoms with van der Waals surface area (Å²) >= 11 is 6.00. The van der Waals surface area contributed by atoms with Gasteiger partial charge in [0, 0.05) is 23.6 Å². The first kappa shape index (κ1) is 21.7. The van der Waals surface area contributed by atoms with Crippen LogP contribution in [0.1, 0.15) is 26.3 Å². The van der Waals surface area contributed by atoms with Crippen LogP contribution in [-0.4, -0.2) is 53.3 Å². The second-order valence-corrected chi connectivity index (χ2v) is 7.23. The molecule has 1 aliphatic heterocycles. The summed E-state index contributed by atoms with van der Waals surface area (Å²) in [4.78, 5) is 38.7. The molecular formula is C21H24ClN3O5. The number of carbonyl (C=O) groups is 3. The highest BCUT2D eigenvalue weighted by Gasteiger charge is 2.46. The van der Waals surface area contributed by atoms with Crippen molar-refractivity contribution in [1.82, 2.24) is 15.3 Å². The molecule has 9 heteroatoms. The lowest BCUT2D eigenvalue weighted by atomic mass is 9.99. The standard InChI is InChI=1S/C21H24ClN3O5/c1-4-29-20(27)23-25(21(28)30-5-2)18-11-10-17-16(18)12-19(24(17)13(3)26)14-6-8-15(22)9-7-14/h6-12,16-18H,4-5H2,1-3H3,(H,23,27)/t16-,17-,18?/m1/s1. The van der Waals surface area contributed by atoms with Gasteiger partial charge in [-0.1, -0.05) is 42.0 Å². The van der Waals surface area contributed by atoms with E-state index in [0.717, 1.165) is 16.3 Å². The number of fused-ring (bicyclic) bond motifs is 1. The van der Waals surface area contributed by atoms with Gasteiger partial charge in [-0.3, -0.25) is 4.79 Å². The smallest absolute Gasteiger partial charge is 0.429 e. The third-order valence-electron chi connectivity index (χ3n) is 4.93. The van der Waals surface area contributed by atoms with Gasteiger partial charge in [-0.05, 0) is 31.5 Å². The van der Waals surface area contributed by atoms with Crippen LogP contribution in [0.3, 0.4) is 0 Å². The van der Waals surface area contributed by atoms with Gasteiger partial charge >= 0.3 is 12.2 Å². The van der Waals surface area contributed by atoms with Crippen LogP contribution < -0.4 is 5.43 Å². The highest BCUT2D eigenvalue weighted by atomic mass is 35.5. The number of hydrogen-bond acceptors (Lipinski definition) is 5. The van der Waals surface area contributed by atoms with E-state index in [2.05, 4.69) is 5.43 Å². The first-order valence-corrected chi connectivity index (χ1v) is 10.1. The molecule has 1 N–H and O–H groups in total. The lowest BCUT2D eigenvalue weighted by Gasteiger charge is -2.31. The van der Waals surface area contributed by atoms with Crippen LogP contribution >= 0.6 is 11.6 Å². The molecule has 1 unspecified atom stereocenters. The summed E-state index contributed by atoms with van der Waals surface area (Å²) in [5, 5.41) is 1.71. The Bertz CT molecular complexity index is 883. The summed E-state index contributed by atoms with van der Waals surface area (Å²) in [7, 11) is 0. The van der Waals surface area contributed by atoms with Gasteiger partial charge in [-0.25, -0.2) is 20.0 Å². The van der Waals surface area contributed by atoms with Gasteiger partial charge in [0.25, 0.3) is 0 Å². The van der Waals surface area contributed by atoms with Crippen LogP contribution in [0.25, 0.3) is 5.70 Å². The Hall–Kier alpha value is -3.00. The van der Waals surface area contributed by atoms with E-state index in [0.29, 0.717) is 5.02 Å². The van der Waals surface area contributed by atoms with Crippen molar-refractivity contribution < 1.29 is 23.9 Å². The Morgan fingerprint density at radius 3 is 2.37 bits per heavy atom.